The highest BCUT2D eigenvalue weighted by molar-refractivity contribution is 7.26. The molecule has 10 aromatic rings. The Morgan fingerprint density at radius 3 is 2.17 bits per heavy atom. The summed E-state index contributed by atoms with van der Waals surface area (Å²) in [5.74, 6) is 1.80. The van der Waals surface area contributed by atoms with Crippen LogP contribution in [-0.4, -0.2) is 19.9 Å². The van der Waals surface area contributed by atoms with Gasteiger partial charge in [0.2, 0.25) is 0 Å². The van der Waals surface area contributed by atoms with Gasteiger partial charge < -0.3 is 4.42 Å². The third kappa shape index (κ3) is 4.31. The van der Waals surface area contributed by atoms with Crippen LogP contribution >= 0.6 is 11.3 Å². The van der Waals surface area contributed by atoms with Gasteiger partial charge in [0.25, 0.3) is 0 Å². The first-order chi connectivity index (χ1) is 23.8. The van der Waals surface area contributed by atoms with Crippen molar-refractivity contribution >= 4 is 64.2 Å². The highest BCUT2D eigenvalue weighted by atomic mass is 32.1. The fourth-order valence-corrected chi connectivity index (χ4v) is 7.97. The van der Waals surface area contributed by atoms with Gasteiger partial charge in [-0.2, -0.15) is 0 Å². The number of nitrogens with zero attached hydrogens (tertiary/aromatic N) is 4. The average Bonchev–Trinajstić information content (AvgIpc) is 3.73. The van der Waals surface area contributed by atoms with Crippen LogP contribution < -0.4 is 0 Å². The molecule has 0 amide bonds. The molecule has 224 valence electrons. The van der Waals surface area contributed by atoms with Crippen molar-refractivity contribution in [3.63, 3.8) is 0 Å². The van der Waals surface area contributed by atoms with Gasteiger partial charge in [0, 0.05) is 60.0 Å². The largest absolute Gasteiger partial charge is 0.456 e. The maximum Gasteiger partial charge on any atom is 0.164 e. The molecule has 0 fully saturated rings. The molecule has 6 aromatic carbocycles. The summed E-state index contributed by atoms with van der Waals surface area (Å²) in [6.07, 6.45) is 3.62. The summed E-state index contributed by atoms with van der Waals surface area (Å²) < 4.78 is 9.02. The monoisotopic (exact) mass is 632 g/mol. The molecule has 0 atom stereocenters. The third-order valence-electron chi connectivity index (χ3n) is 9.00. The van der Waals surface area contributed by atoms with Crippen molar-refractivity contribution in [2.24, 2.45) is 0 Å². The number of fused-ring (bicyclic) bond motifs is 7. The van der Waals surface area contributed by atoms with E-state index < -0.39 is 0 Å². The Morgan fingerprint density at radius 1 is 0.479 bits per heavy atom. The summed E-state index contributed by atoms with van der Waals surface area (Å²) >= 11 is 1.81. The molecule has 0 aliphatic carbocycles. The van der Waals surface area contributed by atoms with Crippen LogP contribution in [0.15, 0.2) is 150 Å². The van der Waals surface area contributed by atoms with E-state index in [0.717, 1.165) is 55.1 Å². The van der Waals surface area contributed by atoms with Crippen LogP contribution in [-0.2, 0) is 0 Å². The molecule has 0 bridgehead atoms. The summed E-state index contributed by atoms with van der Waals surface area (Å²) in [5, 5.41) is 6.66. The zero-order chi connectivity index (χ0) is 31.6. The fraction of sp³-hybridized carbons (Fsp3) is 0. The molecule has 10 rings (SSSR count). The number of rotatable bonds is 4. The predicted molar refractivity (Wildman–Crippen MR) is 197 cm³/mol. The zero-order valence-electron chi connectivity index (χ0n) is 25.5. The second-order valence-corrected chi connectivity index (χ2v) is 12.9. The number of hydrogen-bond acceptors (Lipinski definition) is 6. The van der Waals surface area contributed by atoms with E-state index in [1.54, 1.807) is 6.20 Å². The normalized spacial score (nSPS) is 11.8. The molecule has 0 saturated heterocycles. The quantitative estimate of drug-likeness (QED) is 0.193. The number of pyridine rings is 1. The number of furan rings is 1. The molecular formula is C42H24N4OS. The first-order valence-corrected chi connectivity index (χ1v) is 16.6. The topological polar surface area (TPSA) is 64.7 Å². The number of benzene rings is 6. The molecule has 48 heavy (non-hydrogen) atoms. The second kappa shape index (κ2) is 10.7. The van der Waals surface area contributed by atoms with Gasteiger partial charge in [0.15, 0.2) is 17.5 Å². The van der Waals surface area contributed by atoms with E-state index in [0.29, 0.717) is 17.5 Å². The van der Waals surface area contributed by atoms with Crippen molar-refractivity contribution in [1.82, 2.24) is 19.9 Å². The smallest absolute Gasteiger partial charge is 0.164 e. The molecular weight excluding hydrogens is 609 g/mol. The second-order valence-electron chi connectivity index (χ2n) is 11.9. The van der Waals surface area contributed by atoms with E-state index in [1.807, 2.05) is 53.9 Å². The first-order valence-electron chi connectivity index (χ1n) is 15.8. The van der Waals surface area contributed by atoms with Gasteiger partial charge in [0.1, 0.15) is 11.2 Å². The zero-order valence-corrected chi connectivity index (χ0v) is 26.3. The molecule has 0 spiro atoms. The lowest BCUT2D eigenvalue weighted by Gasteiger charge is -2.12. The fourth-order valence-electron chi connectivity index (χ4n) is 6.73. The summed E-state index contributed by atoms with van der Waals surface area (Å²) in [4.78, 5) is 19.8. The lowest BCUT2D eigenvalue weighted by molar-refractivity contribution is 0.668. The molecule has 0 saturated carbocycles. The van der Waals surface area contributed by atoms with Crippen LogP contribution in [0, 0.1) is 0 Å². The standard InChI is InChI=1S/C42H24N4OS/c1-2-10-26(11-3-1)40-44-41(28-18-17-25-9-4-5-12-27(25)21-28)46-42(45-40)33-22-29(23-36-38(33)34-24-43-20-19-35(34)47-36)30-14-8-15-32-31-13-6-7-16-37(31)48-39(30)32/h1-24H. The van der Waals surface area contributed by atoms with Crippen molar-refractivity contribution in [2.45, 2.75) is 0 Å². The minimum Gasteiger partial charge on any atom is -0.456 e. The van der Waals surface area contributed by atoms with Crippen LogP contribution in [0.2, 0.25) is 0 Å². The van der Waals surface area contributed by atoms with Gasteiger partial charge in [-0.15, -0.1) is 11.3 Å². The number of aromatic nitrogens is 4. The van der Waals surface area contributed by atoms with Crippen molar-refractivity contribution in [3.8, 4) is 45.3 Å². The van der Waals surface area contributed by atoms with Crippen LogP contribution in [0.3, 0.4) is 0 Å². The van der Waals surface area contributed by atoms with Crippen molar-refractivity contribution in [3.05, 3.63) is 146 Å². The molecule has 6 heteroatoms. The van der Waals surface area contributed by atoms with Crippen LogP contribution in [0.25, 0.3) is 98.2 Å². The Bertz CT molecular complexity index is 2860. The minimum absolute atomic E-state index is 0.578. The number of thiophene rings is 1. The lowest BCUT2D eigenvalue weighted by Crippen LogP contribution is -2.00. The van der Waals surface area contributed by atoms with Crippen molar-refractivity contribution < 1.29 is 4.42 Å². The molecule has 0 radical (unpaired) electrons. The maximum atomic E-state index is 6.52. The number of hydrogen-bond donors (Lipinski definition) is 0. The van der Waals surface area contributed by atoms with Crippen LogP contribution in [0.4, 0.5) is 0 Å². The first kappa shape index (κ1) is 26.9. The maximum absolute atomic E-state index is 6.52. The van der Waals surface area contributed by atoms with E-state index in [-0.39, 0.29) is 0 Å². The SMILES string of the molecule is c1ccc(-c2nc(-c3ccc4ccccc4c3)nc(-c3cc(-c4cccc5c4sc4ccccc45)cc4oc5ccncc5c34)n2)cc1. The van der Waals surface area contributed by atoms with E-state index >= 15 is 0 Å². The summed E-state index contributed by atoms with van der Waals surface area (Å²) in [6, 6.07) is 46.2. The summed E-state index contributed by atoms with van der Waals surface area (Å²) in [7, 11) is 0. The van der Waals surface area contributed by atoms with Gasteiger partial charge >= 0.3 is 0 Å². The van der Waals surface area contributed by atoms with Crippen LogP contribution in [0.5, 0.6) is 0 Å². The molecule has 0 aliphatic heterocycles. The van der Waals surface area contributed by atoms with Crippen molar-refractivity contribution in [2.75, 3.05) is 0 Å². The van der Waals surface area contributed by atoms with Gasteiger partial charge in [-0.1, -0.05) is 103 Å². The average molecular weight is 633 g/mol. The highest BCUT2D eigenvalue weighted by Gasteiger charge is 2.21. The lowest BCUT2D eigenvalue weighted by atomic mass is 9.97. The van der Waals surface area contributed by atoms with Crippen LogP contribution in [0.1, 0.15) is 0 Å². The van der Waals surface area contributed by atoms with E-state index in [2.05, 4.69) is 102 Å². The Balaban J connectivity index is 1.27. The molecule has 0 unspecified atom stereocenters. The Hall–Kier alpha value is -6.24. The molecule has 4 heterocycles. The Morgan fingerprint density at radius 2 is 1.25 bits per heavy atom. The predicted octanol–water partition coefficient (Wildman–Crippen LogP) is 11.4. The van der Waals surface area contributed by atoms with E-state index in [9.17, 15) is 0 Å². The summed E-state index contributed by atoms with van der Waals surface area (Å²) in [6.45, 7) is 0. The van der Waals surface area contributed by atoms with E-state index in [1.165, 1.54) is 25.6 Å². The molecule has 4 aromatic heterocycles. The molecule has 0 N–H and O–H groups in total. The van der Waals surface area contributed by atoms with Gasteiger partial charge in [-0.05, 0) is 52.2 Å². The van der Waals surface area contributed by atoms with Crippen molar-refractivity contribution in [1.29, 1.82) is 0 Å². The van der Waals surface area contributed by atoms with E-state index in [4.69, 9.17) is 19.4 Å². The minimum atomic E-state index is 0.578. The molecule has 0 aliphatic rings. The Kier molecular flexibility index (Phi) is 5.98. The highest BCUT2D eigenvalue weighted by Crippen LogP contribution is 2.44. The molecule has 5 nitrogen and oxygen atoms in total. The van der Waals surface area contributed by atoms with Gasteiger partial charge in [-0.3, -0.25) is 4.98 Å². The van der Waals surface area contributed by atoms with Gasteiger partial charge in [0.05, 0.1) is 0 Å². The third-order valence-corrected chi connectivity index (χ3v) is 10.2. The van der Waals surface area contributed by atoms with Gasteiger partial charge in [-0.25, -0.2) is 15.0 Å². The summed E-state index contributed by atoms with van der Waals surface area (Å²) in [5.41, 5.74) is 6.43. The Labute approximate surface area is 278 Å².